The number of amides is 4. The number of nitrogens with two attached hydrogens (primary N) is 1. The summed E-state index contributed by atoms with van der Waals surface area (Å²) in [6.45, 7) is 11.1. The number of ether oxygens (including phenoxy) is 1. The lowest BCUT2D eigenvalue weighted by Gasteiger charge is -2.35. The second-order valence-corrected chi connectivity index (χ2v) is 11.7. The molecule has 0 bridgehead atoms. The van der Waals surface area contributed by atoms with Crippen LogP contribution in [-0.2, 0) is 19.1 Å². The Hall–Kier alpha value is -4.32. The maximum absolute atomic E-state index is 14.3. The zero-order valence-corrected chi connectivity index (χ0v) is 26.3. The van der Waals surface area contributed by atoms with Gasteiger partial charge in [0.2, 0.25) is 11.8 Å². The summed E-state index contributed by atoms with van der Waals surface area (Å²) in [5, 5.41) is 5.53. The normalized spacial score (nSPS) is 12.4. The van der Waals surface area contributed by atoms with Crippen molar-refractivity contribution < 1.29 is 23.9 Å². The van der Waals surface area contributed by atoms with Gasteiger partial charge in [-0.25, -0.2) is 4.79 Å². The first-order valence-corrected chi connectivity index (χ1v) is 14.8. The van der Waals surface area contributed by atoms with Gasteiger partial charge in [-0.05, 0) is 63.8 Å². The van der Waals surface area contributed by atoms with Crippen molar-refractivity contribution in [1.29, 1.82) is 0 Å². The first-order valence-electron chi connectivity index (χ1n) is 14.8. The molecule has 2 unspecified atom stereocenters. The Morgan fingerprint density at radius 3 is 2.19 bits per heavy atom. The minimum atomic E-state index is -1.36. The standard InChI is InChI=1S/C34H46N4O5/c1-8-10-11-12-15-21-38(32(41)27(22-28(35)39)36-33(42)43-34(5,6)7)30(26-20-14-13-19-25(26)9-2)31(40)37-29-23(3)17-16-18-24(29)4/h2,13-14,16-20,27,30H,8,10-12,15,21-22H2,1,3-7H3,(H2,35,39)(H,36,42)(H,37,40). The molecular weight excluding hydrogens is 544 g/mol. The number of para-hydroxylation sites is 1. The molecule has 0 aromatic heterocycles. The summed E-state index contributed by atoms with van der Waals surface area (Å²) in [5.41, 5.74) is 7.90. The first kappa shape index (κ1) is 34.9. The lowest BCUT2D eigenvalue weighted by atomic mass is 9.96. The molecule has 2 rings (SSSR count). The van der Waals surface area contributed by atoms with Gasteiger partial charge >= 0.3 is 6.09 Å². The highest BCUT2D eigenvalue weighted by atomic mass is 16.6. The fourth-order valence-electron chi connectivity index (χ4n) is 4.82. The summed E-state index contributed by atoms with van der Waals surface area (Å²) < 4.78 is 5.36. The van der Waals surface area contributed by atoms with Crippen molar-refractivity contribution in [1.82, 2.24) is 10.2 Å². The monoisotopic (exact) mass is 590 g/mol. The largest absolute Gasteiger partial charge is 0.444 e. The number of nitrogens with zero attached hydrogens (tertiary/aromatic N) is 1. The zero-order valence-electron chi connectivity index (χ0n) is 26.3. The van der Waals surface area contributed by atoms with Crippen LogP contribution in [0.3, 0.4) is 0 Å². The highest BCUT2D eigenvalue weighted by molar-refractivity contribution is 6.00. The van der Waals surface area contributed by atoms with Crippen molar-refractivity contribution in [2.75, 3.05) is 11.9 Å². The van der Waals surface area contributed by atoms with Gasteiger partial charge in [0.25, 0.3) is 5.91 Å². The topological polar surface area (TPSA) is 131 Å². The Kier molecular flexibility index (Phi) is 13.3. The van der Waals surface area contributed by atoms with E-state index in [1.54, 1.807) is 45.0 Å². The molecule has 0 spiro atoms. The van der Waals surface area contributed by atoms with Crippen molar-refractivity contribution in [2.24, 2.45) is 5.73 Å². The zero-order chi connectivity index (χ0) is 32.2. The molecule has 0 heterocycles. The predicted octanol–water partition coefficient (Wildman–Crippen LogP) is 5.53. The number of hydrogen-bond acceptors (Lipinski definition) is 5. The molecule has 0 fully saturated rings. The van der Waals surface area contributed by atoms with Crippen LogP contribution in [0, 0.1) is 26.2 Å². The van der Waals surface area contributed by atoms with Crippen molar-refractivity contribution >= 4 is 29.5 Å². The molecule has 0 radical (unpaired) electrons. The summed E-state index contributed by atoms with van der Waals surface area (Å²) in [6.07, 6.45) is 8.94. The minimum Gasteiger partial charge on any atom is -0.444 e. The second-order valence-electron chi connectivity index (χ2n) is 11.7. The smallest absolute Gasteiger partial charge is 0.408 e. The van der Waals surface area contributed by atoms with Gasteiger partial charge in [-0.15, -0.1) is 6.42 Å². The molecule has 0 saturated carbocycles. The van der Waals surface area contributed by atoms with Crippen LogP contribution in [0.1, 0.15) is 94.5 Å². The lowest BCUT2D eigenvalue weighted by Crippen LogP contribution is -2.53. The van der Waals surface area contributed by atoms with E-state index in [-0.39, 0.29) is 6.54 Å². The molecule has 0 aliphatic carbocycles. The van der Waals surface area contributed by atoms with Crippen LogP contribution in [0.5, 0.6) is 0 Å². The fraction of sp³-hybridized carbons (Fsp3) is 0.471. The number of nitrogens with one attached hydrogen (secondary N) is 2. The highest BCUT2D eigenvalue weighted by Crippen LogP contribution is 2.29. The molecule has 2 atom stereocenters. The average Bonchev–Trinajstić information content (AvgIpc) is 2.92. The molecule has 0 aliphatic rings. The Bertz CT molecular complexity index is 1300. The molecular formula is C34H46N4O5. The quantitative estimate of drug-likeness (QED) is 0.197. The van der Waals surface area contributed by atoms with E-state index in [1.165, 1.54) is 4.90 Å². The lowest BCUT2D eigenvalue weighted by molar-refractivity contribution is -0.142. The van der Waals surface area contributed by atoms with Crippen molar-refractivity contribution in [3.63, 3.8) is 0 Å². The predicted molar refractivity (Wildman–Crippen MR) is 169 cm³/mol. The number of benzene rings is 2. The molecule has 2 aromatic carbocycles. The SMILES string of the molecule is C#Cc1ccccc1C(C(=O)Nc1c(C)cccc1C)N(CCCCCCC)C(=O)C(CC(N)=O)NC(=O)OC(C)(C)C. The first-order chi connectivity index (χ1) is 20.3. The van der Waals surface area contributed by atoms with Crippen molar-refractivity contribution in [3.8, 4) is 12.3 Å². The number of rotatable bonds is 14. The Morgan fingerprint density at radius 2 is 1.60 bits per heavy atom. The fourth-order valence-corrected chi connectivity index (χ4v) is 4.82. The van der Waals surface area contributed by atoms with Crippen LogP contribution >= 0.6 is 0 Å². The van der Waals surface area contributed by atoms with E-state index >= 15 is 0 Å². The van der Waals surface area contributed by atoms with Crippen molar-refractivity contribution in [2.45, 2.75) is 97.8 Å². The van der Waals surface area contributed by atoms with E-state index in [0.29, 0.717) is 23.2 Å². The van der Waals surface area contributed by atoms with Gasteiger partial charge in [-0.1, -0.05) is 74.9 Å². The van der Waals surface area contributed by atoms with Crippen LogP contribution in [-0.4, -0.2) is 46.9 Å². The van der Waals surface area contributed by atoms with Gasteiger partial charge in [0.1, 0.15) is 17.7 Å². The van der Waals surface area contributed by atoms with E-state index in [9.17, 15) is 19.2 Å². The summed E-state index contributed by atoms with van der Waals surface area (Å²) in [4.78, 5) is 54.8. The third kappa shape index (κ3) is 10.8. The number of hydrogen-bond donors (Lipinski definition) is 3. The number of primary amides is 1. The molecule has 0 aliphatic heterocycles. The molecule has 9 nitrogen and oxygen atoms in total. The maximum Gasteiger partial charge on any atom is 0.408 e. The van der Waals surface area contributed by atoms with Crippen LogP contribution in [0.15, 0.2) is 42.5 Å². The average molecular weight is 591 g/mol. The van der Waals surface area contributed by atoms with Crippen LogP contribution < -0.4 is 16.4 Å². The van der Waals surface area contributed by atoms with E-state index < -0.39 is 47.9 Å². The number of aryl methyl sites for hydroxylation is 2. The van der Waals surface area contributed by atoms with E-state index in [1.807, 2.05) is 32.0 Å². The van der Waals surface area contributed by atoms with E-state index in [4.69, 9.17) is 16.9 Å². The molecule has 4 amide bonds. The Labute approximate surface area is 255 Å². The van der Waals surface area contributed by atoms with Gasteiger partial charge < -0.3 is 26.0 Å². The summed E-state index contributed by atoms with van der Waals surface area (Å²) in [6, 6.07) is 10.1. The molecule has 43 heavy (non-hydrogen) atoms. The Morgan fingerprint density at radius 1 is 0.977 bits per heavy atom. The van der Waals surface area contributed by atoms with Gasteiger partial charge in [-0.2, -0.15) is 0 Å². The highest BCUT2D eigenvalue weighted by Gasteiger charge is 2.38. The molecule has 0 saturated heterocycles. The van der Waals surface area contributed by atoms with Gasteiger partial charge in [-0.3, -0.25) is 14.4 Å². The minimum absolute atomic E-state index is 0.178. The molecule has 9 heteroatoms. The number of carbonyl (C=O) groups excluding carboxylic acids is 4. The van der Waals surface area contributed by atoms with Crippen LogP contribution in [0.4, 0.5) is 10.5 Å². The maximum atomic E-state index is 14.3. The number of anilines is 1. The van der Waals surface area contributed by atoms with Crippen molar-refractivity contribution in [3.05, 3.63) is 64.7 Å². The molecule has 232 valence electrons. The summed E-state index contributed by atoms with van der Waals surface area (Å²) >= 11 is 0. The van der Waals surface area contributed by atoms with E-state index in [0.717, 1.165) is 36.8 Å². The molecule has 2 aromatic rings. The molecule has 4 N–H and O–H groups in total. The van der Waals surface area contributed by atoms with Gasteiger partial charge in [0, 0.05) is 17.8 Å². The van der Waals surface area contributed by atoms with Crippen LogP contribution in [0.25, 0.3) is 0 Å². The Balaban J connectivity index is 2.64. The number of unbranched alkanes of at least 4 members (excludes halogenated alkanes) is 4. The number of carbonyl (C=O) groups is 4. The third-order valence-electron chi connectivity index (χ3n) is 6.88. The van der Waals surface area contributed by atoms with E-state index in [2.05, 4.69) is 23.5 Å². The summed E-state index contributed by atoms with van der Waals surface area (Å²) in [7, 11) is 0. The number of alkyl carbamates (subject to hydrolysis) is 1. The van der Waals surface area contributed by atoms with Gasteiger partial charge in [0.05, 0.1) is 6.42 Å². The second kappa shape index (κ2) is 16.4. The third-order valence-corrected chi connectivity index (χ3v) is 6.88. The van der Waals surface area contributed by atoms with Gasteiger partial charge in [0.15, 0.2) is 0 Å². The van der Waals surface area contributed by atoms with Crippen LogP contribution in [0.2, 0.25) is 0 Å². The summed E-state index contributed by atoms with van der Waals surface area (Å²) in [5.74, 6) is 0.720. The number of terminal acetylenes is 1.